The molecule has 2 aromatic carbocycles. The molecule has 22 heavy (non-hydrogen) atoms. The fourth-order valence-corrected chi connectivity index (χ4v) is 3.13. The molecule has 1 unspecified atom stereocenters. The van der Waals surface area contributed by atoms with Crippen LogP contribution in [0.25, 0.3) is 5.57 Å². The number of phenols is 1. The molecular weight excluding hydrogens is 276 g/mol. The lowest BCUT2D eigenvalue weighted by atomic mass is 9.79. The van der Waals surface area contributed by atoms with Gasteiger partial charge < -0.3 is 9.84 Å². The number of rotatable bonds is 3. The van der Waals surface area contributed by atoms with Gasteiger partial charge in [-0.1, -0.05) is 49.4 Å². The van der Waals surface area contributed by atoms with E-state index in [2.05, 4.69) is 0 Å². The predicted octanol–water partition coefficient (Wildman–Crippen LogP) is 4.03. The summed E-state index contributed by atoms with van der Waals surface area (Å²) in [4.78, 5) is 12.2. The van der Waals surface area contributed by atoms with E-state index in [1.165, 1.54) is 0 Å². The van der Waals surface area contributed by atoms with Gasteiger partial charge in [-0.05, 0) is 31.0 Å². The van der Waals surface area contributed by atoms with Crippen molar-refractivity contribution in [3.8, 4) is 5.75 Å². The number of phenolic OH excluding ortho intramolecular Hbond substituents is 1. The van der Waals surface area contributed by atoms with Crippen LogP contribution < -0.4 is 0 Å². The lowest BCUT2D eigenvalue weighted by Crippen LogP contribution is -2.27. The molecule has 0 radical (unpaired) electrons. The zero-order valence-electron chi connectivity index (χ0n) is 12.7. The molecule has 0 bridgehead atoms. The van der Waals surface area contributed by atoms with Gasteiger partial charge in [-0.25, -0.2) is 4.79 Å². The van der Waals surface area contributed by atoms with Crippen molar-refractivity contribution in [2.45, 2.75) is 25.9 Å². The van der Waals surface area contributed by atoms with E-state index in [1.54, 1.807) is 19.1 Å². The Bertz CT molecular complexity index is 729. The van der Waals surface area contributed by atoms with Crippen LogP contribution in [-0.4, -0.2) is 11.1 Å². The van der Waals surface area contributed by atoms with Crippen molar-refractivity contribution in [2.24, 2.45) is 0 Å². The number of esters is 1. The summed E-state index contributed by atoms with van der Waals surface area (Å²) in [6.07, 6.45) is 0.649. The van der Waals surface area contributed by atoms with Crippen molar-refractivity contribution < 1.29 is 14.6 Å². The van der Waals surface area contributed by atoms with E-state index in [1.807, 2.05) is 49.4 Å². The second kappa shape index (κ2) is 5.34. The van der Waals surface area contributed by atoms with Gasteiger partial charge in [-0.2, -0.15) is 0 Å². The number of ether oxygens (including phenoxy) is 1. The number of carbonyl (C=O) groups excluding carboxylic acids is 1. The van der Waals surface area contributed by atoms with Crippen molar-refractivity contribution in [1.82, 2.24) is 0 Å². The van der Waals surface area contributed by atoms with Gasteiger partial charge in [-0.3, -0.25) is 0 Å². The van der Waals surface area contributed by atoms with Crippen LogP contribution in [0.5, 0.6) is 5.75 Å². The van der Waals surface area contributed by atoms with Crippen LogP contribution in [0.15, 0.2) is 60.2 Å². The number of benzene rings is 2. The highest BCUT2D eigenvalue weighted by atomic mass is 16.6. The summed E-state index contributed by atoms with van der Waals surface area (Å²) < 4.78 is 5.82. The van der Waals surface area contributed by atoms with E-state index in [0.29, 0.717) is 12.0 Å². The Hall–Kier alpha value is -2.55. The van der Waals surface area contributed by atoms with Crippen molar-refractivity contribution >= 4 is 11.5 Å². The molecule has 0 saturated carbocycles. The van der Waals surface area contributed by atoms with Gasteiger partial charge in [0.25, 0.3) is 0 Å². The Morgan fingerprint density at radius 1 is 1.05 bits per heavy atom. The van der Waals surface area contributed by atoms with Gasteiger partial charge in [-0.15, -0.1) is 0 Å². The van der Waals surface area contributed by atoms with Gasteiger partial charge in [0.05, 0.1) is 0 Å². The third-order valence-corrected chi connectivity index (χ3v) is 4.25. The van der Waals surface area contributed by atoms with Crippen molar-refractivity contribution in [3.63, 3.8) is 0 Å². The second-order valence-corrected chi connectivity index (χ2v) is 5.48. The Kier molecular flexibility index (Phi) is 3.49. The van der Waals surface area contributed by atoms with Crippen LogP contribution in [0.3, 0.4) is 0 Å². The third-order valence-electron chi connectivity index (χ3n) is 4.25. The fraction of sp³-hybridized carbons (Fsp3) is 0.211. The van der Waals surface area contributed by atoms with Crippen molar-refractivity contribution in [3.05, 3.63) is 71.3 Å². The summed E-state index contributed by atoms with van der Waals surface area (Å²) in [7, 11) is 0. The minimum Gasteiger partial charge on any atom is -0.508 e. The van der Waals surface area contributed by atoms with Gasteiger partial charge in [0.2, 0.25) is 0 Å². The van der Waals surface area contributed by atoms with Gasteiger partial charge in [0.15, 0.2) is 5.60 Å². The van der Waals surface area contributed by atoms with Crippen LogP contribution in [0.1, 0.15) is 31.4 Å². The number of aromatic hydroxyl groups is 1. The first kappa shape index (κ1) is 14.4. The quantitative estimate of drug-likeness (QED) is 0.869. The maximum absolute atomic E-state index is 12.2. The SMILES string of the molecule is CCC1(c2ccccc2)OC(=O)C(C)=C1c1ccc(O)cc1. The summed E-state index contributed by atoms with van der Waals surface area (Å²) in [6.45, 7) is 3.81. The fourth-order valence-electron chi connectivity index (χ4n) is 3.13. The lowest BCUT2D eigenvalue weighted by Gasteiger charge is -2.31. The molecule has 0 spiro atoms. The second-order valence-electron chi connectivity index (χ2n) is 5.48. The summed E-state index contributed by atoms with van der Waals surface area (Å²) >= 11 is 0. The summed E-state index contributed by atoms with van der Waals surface area (Å²) in [5, 5.41) is 9.51. The normalized spacial score (nSPS) is 21.1. The lowest BCUT2D eigenvalue weighted by molar-refractivity contribution is -0.147. The minimum absolute atomic E-state index is 0.203. The number of hydrogen-bond acceptors (Lipinski definition) is 3. The Morgan fingerprint density at radius 3 is 2.27 bits per heavy atom. The molecular formula is C19H18O3. The zero-order valence-corrected chi connectivity index (χ0v) is 12.7. The summed E-state index contributed by atoms with van der Waals surface area (Å²) in [6, 6.07) is 16.7. The molecule has 1 atom stereocenters. The highest BCUT2D eigenvalue weighted by Gasteiger charge is 2.46. The van der Waals surface area contributed by atoms with E-state index in [0.717, 1.165) is 16.7 Å². The molecule has 0 aromatic heterocycles. The molecule has 0 aliphatic carbocycles. The largest absolute Gasteiger partial charge is 0.508 e. The molecule has 3 rings (SSSR count). The zero-order chi connectivity index (χ0) is 15.7. The molecule has 1 heterocycles. The highest BCUT2D eigenvalue weighted by Crippen LogP contribution is 2.49. The molecule has 112 valence electrons. The van der Waals surface area contributed by atoms with Crippen LogP contribution in [0.4, 0.5) is 0 Å². The van der Waals surface area contributed by atoms with Crippen molar-refractivity contribution in [2.75, 3.05) is 0 Å². The molecule has 2 aromatic rings. The number of carbonyl (C=O) groups is 1. The topological polar surface area (TPSA) is 46.5 Å². The predicted molar refractivity (Wildman–Crippen MR) is 85.2 cm³/mol. The van der Waals surface area contributed by atoms with E-state index in [4.69, 9.17) is 4.74 Å². The van der Waals surface area contributed by atoms with E-state index in [-0.39, 0.29) is 11.7 Å². The standard InChI is InChI=1S/C19H18O3/c1-3-19(15-7-5-4-6-8-15)17(13(2)18(21)22-19)14-9-11-16(20)12-10-14/h4-12,20H,3H2,1-2H3. The molecule has 3 nitrogen and oxygen atoms in total. The maximum Gasteiger partial charge on any atom is 0.335 e. The molecule has 3 heteroatoms. The first-order chi connectivity index (χ1) is 10.6. The van der Waals surface area contributed by atoms with Gasteiger partial charge in [0, 0.05) is 16.7 Å². The Labute approximate surface area is 129 Å². The smallest absolute Gasteiger partial charge is 0.335 e. The molecule has 0 amide bonds. The van der Waals surface area contributed by atoms with E-state index >= 15 is 0 Å². The number of hydrogen-bond donors (Lipinski definition) is 1. The molecule has 1 N–H and O–H groups in total. The van der Waals surface area contributed by atoms with Crippen molar-refractivity contribution in [1.29, 1.82) is 0 Å². The number of cyclic esters (lactones) is 1. The monoisotopic (exact) mass is 294 g/mol. The van der Waals surface area contributed by atoms with Crippen LogP contribution in [-0.2, 0) is 15.1 Å². The maximum atomic E-state index is 12.2. The van der Waals surface area contributed by atoms with Crippen LogP contribution in [0, 0.1) is 0 Å². The average molecular weight is 294 g/mol. The molecule has 1 aliphatic heterocycles. The Morgan fingerprint density at radius 2 is 1.68 bits per heavy atom. The van der Waals surface area contributed by atoms with Gasteiger partial charge in [0.1, 0.15) is 5.75 Å². The molecule has 0 saturated heterocycles. The average Bonchev–Trinajstić information content (AvgIpc) is 2.81. The van der Waals surface area contributed by atoms with Gasteiger partial charge >= 0.3 is 5.97 Å². The first-order valence-electron chi connectivity index (χ1n) is 7.38. The van der Waals surface area contributed by atoms with Crippen LogP contribution in [0.2, 0.25) is 0 Å². The van der Waals surface area contributed by atoms with E-state index in [9.17, 15) is 9.90 Å². The minimum atomic E-state index is -0.764. The van der Waals surface area contributed by atoms with Crippen LogP contribution >= 0.6 is 0 Å². The van der Waals surface area contributed by atoms with E-state index < -0.39 is 5.60 Å². The molecule has 1 aliphatic rings. The summed E-state index contributed by atoms with van der Waals surface area (Å²) in [5.41, 5.74) is 2.60. The first-order valence-corrected chi connectivity index (χ1v) is 7.38. The highest BCUT2D eigenvalue weighted by molar-refractivity contribution is 6.04. The molecule has 0 fully saturated rings. The summed E-state index contributed by atoms with van der Waals surface area (Å²) in [5.74, 6) is -0.0807. The third kappa shape index (κ3) is 2.10. The Balaban J connectivity index is 2.22.